The topological polar surface area (TPSA) is 51.0 Å². The van der Waals surface area contributed by atoms with Gasteiger partial charge >= 0.3 is 0 Å². The molecule has 0 saturated heterocycles. The van der Waals surface area contributed by atoms with E-state index in [1.54, 1.807) is 23.6 Å². The molecule has 0 unspecified atom stereocenters. The van der Waals surface area contributed by atoms with Crippen molar-refractivity contribution in [2.24, 2.45) is 4.99 Å². The molecule has 0 atom stereocenters. The van der Waals surface area contributed by atoms with Gasteiger partial charge < -0.3 is 0 Å². The third-order valence-electron chi connectivity index (χ3n) is 2.37. The summed E-state index contributed by atoms with van der Waals surface area (Å²) in [6.45, 7) is 3.46. The monoisotopic (exact) mass is 306 g/mol. The third-order valence-corrected chi connectivity index (χ3v) is 4.26. The van der Waals surface area contributed by atoms with Gasteiger partial charge in [0.2, 0.25) is 5.13 Å². The van der Waals surface area contributed by atoms with Gasteiger partial charge in [-0.25, -0.2) is 19.9 Å². The van der Waals surface area contributed by atoms with E-state index in [1.807, 2.05) is 16.8 Å². The van der Waals surface area contributed by atoms with E-state index in [9.17, 15) is 0 Å². The fourth-order valence-corrected chi connectivity index (χ4v) is 3.01. The molecular weight excluding hydrogens is 300 g/mol. The number of aliphatic imine (C=N–C) groups is 1. The quantitative estimate of drug-likeness (QED) is 0.535. The van der Waals surface area contributed by atoms with Crippen molar-refractivity contribution in [2.45, 2.75) is 0 Å². The number of nitrogens with zero attached hydrogens (tertiary/aromatic N) is 4. The second-order valence-electron chi connectivity index (χ2n) is 3.58. The van der Waals surface area contributed by atoms with Crippen LogP contribution in [0.2, 0.25) is 5.15 Å². The predicted octanol–water partition coefficient (Wildman–Crippen LogP) is 4.31. The molecular formula is C12H7ClN4S2. The number of hydrogen-bond acceptors (Lipinski definition) is 6. The van der Waals surface area contributed by atoms with Crippen molar-refractivity contribution in [3.8, 4) is 22.0 Å². The van der Waals surface area contributed by atoms with Gasteiger partial charge in [-0.15, -0.1) is 22.7 Å². The predicted molar refractivity (Wildman–Crippen MR) is 80.7 cm³/mol. The van der Waals surface area contributed by atoms with Crippen LogP contribution in [0.25, 0.3) is 22.0 Å². The van der Waals surface area contributed by atoms with Crippen molar-refractivity contribution >= 4 is 46.1 Å². The van der Waals surface area contributed by atoms with E-state index in [0.29, 0.717) is 10.3 Å². The molecule has 7 heteroatoms. The van der Waals surface area contributed by atoms with E-state index in [4.69, 9.17) is 11.6 Å². The van der Waals surface area contributed by atoms with E-state index in [0.717, 1.165) is 22.0 Å². The summed E-state index contributed by atoms with van der Waals surface area (Å²) < 4.78 is 0. The highest BCUT2D eigenvalue weighted by molar-refractivity contribution is 7.14. The number of halogens is 1. The lowest BCUT2D eigenvalue weighted by Crippen LogP contribution is -1.81. The van der Waals surface area contributed by atoms with E-state index in [-0.39, 0.29) is 0 Å². The standard InChI is InChI=1S/C12H7ClN4S2/c1-14-12-17-9(6-19-12)8-5-18-11(16-8)7-2-3-10(13)15-4-7/h2-6H,1H2. The minimum atomic E-state index is 0.474. The average Bonchev–Trinajstić information content (AvgIpc) is 3.08. The summed E-state index contributed by atoms with van der Waals surface area (Å²) in [6, 6.07) is 3.65. The summed E-state index contributed by atoms with van der Waals surface area (Å²) >= 11 is 8.76. The highest BCUT2D eigenvalue weighted by Gasteiger charge is 2.09. The lowest BCUT2D eigenvalue weighted by molar-refractivity contribution is 1.29. The molecule has 0 aromatic carbocycles. The molecule has 3 heterocycles. The molecule has 0 spiro atoms. The molecule has 19 heavy (non-hydrogen) atoms. The smallest absolute Gasteiger partial charge is 0.209 e. The zero-order valence-corrected chi connectivity index (χ0v) is 12.0. The van der Waals surface area contributed by atoms with Crippen molar-refractivity contribution in [3.63, 3.8) is 0 Å². The number of aromatic nitrogens is 3. The molecule has 0 aliphatic rings. The molecule has 0 aliphatic heterocycles. The van der Waals surface area contributed by atoms with Gasteiger partial charge in [0, 0.05) is 22.5 Å². The highest BCUT2D eigenvalue weighted by atomic mass is 35.5. The largest absolute Gasteiger partial charge is 0.244 e. The first-order valence-electron chi connectivity index (χ1n) is 5.26. The minimum absolute atomic E-state index is 0.474. The van der Waals surface area contributed by atoms with E-state index < -0.39 is 0 Å². The normalized spacial score (nSPS) is 10.6. The first kappa shape index (κ1) is 12.4. The summed E-state index contributed by atoms with van der Waals surface area (Å²) in [4.78, 5) is 16.7. The van der Waals surface area contributed by atoms with Gasteiger partial charge in [-0.1, -0.05) is 11.6 Å². The van der Waals surface area contributed by atoms with Crippen molar-refractivity contribution in [2.75, 3.05) is 0 Å². The summed E-state index contributed by atoms with van der Waals surface area (Å²) in [5.41, 5.74) is 2.59. The van der Waals surface area contributed by atoms with Crippen molar-refractivity contribution in [1.29, 1.82) is 0 Å². The van der Waals surface area contributed by atoms with Crippen molar-refractivity contribution in [1.82, 2.24) is 15.0 Å². The van der Waals surface area contributed by atoms with Crippen LogP contribution in [0.3, 0.4) is 0 Å². The Morgan fingerprint density at radius 3 is 2.58 bits per heavy atom. The molecule has 0 saturated carbocycles. The SMILES string of the molecule is C=Nc1nc(-c2csc(-c3ccc(Cl)nc3)n2)cs1. The van der Waals surface area contributed by atoms with Crippen LogP contribution in [0.15, 0.2) is 34.1 Å². The van der Waals surface area contributed by atoms with Crippen LogP contribution in [0.1, 0.15) is 0 Å². The summed E-state index contributed by atoms with van der Waals surface area (Å²) in [6.07, 6.45) is 1.71. The summed E-state index contributed by atoms with van der Waals surface area (Å²) in [5.74, 6) is 0. The lowest BCUT2D eigenvalue weighted by atomic mass is 10.3. The van der Waals surface area contributed by atoms with Gasteiger partial charge in [0.15, 0.2) is 0 Å². The third kappa shape index (κ3) is 2.56. The molecule has 0 fully saturated rings. The fraction of sp³-hybridized carbons (Fsp3) is 0. The second-order valence-corrected chi connectivity index (χ2v) is 5.66. The van der Waals surface area contributed by atoms with Crippen LogP contribution in [0.5, 0.6) is 0 Å². The minimum Gasteiger partial charge on any atom is -0.244 e. The molecule has 0 amide bonds. The molecule has 4 nitrogen and oxygen atoms in total. The Balaban J connectivity index is 1.94. The van der Waals surface area contributed by atoms with Crippen LogP contribution >= 0.6 is 34.3 Å². The van der Waals surface area contributed by atoms with Gasteiger partial charge in [-0.2, -0.15) is 0 Å². The molecule has 0 N–H and O–H groups in total. The Kier molecular flexibility index (Phi) is 3.37. The Hall–Kier alpha value is -1.63. The summed E-state index contributed by atoms with van der Waals surface area (Å²) in [7, 11) is 0. The molecule has 3 aromatic rings. The Morgan fingerprint density at radius 2 is 1.89 bits per heavy atom. The zero-order chi connectivity index (χ0) is 13.2. The maximum absolute atomic E-state index is 5.77. The number of hydrogen-bond donors (Lipinski definition) is 0. The van der Waals surface area contributed by atoms with Crippen LogP contribution in [0.4, 0.5) is 5.13 Å². The molecule has 0 radical (unpaired) electrons. The van der Waals surface area contributed by atoms with Crippen LogP contribution in [-0.4, -0.2) is 21.7 Å². The average molecular weight is 307 g/mol. The van der Waals surface area contributed by atoms with Crippen molar-refractivity contribution < 1.29 is 0 Å². The summed E-state index contributed by atoms with van der Waals surface area (Å²) in [5, 5.41) is 5.90. The molecule has 3 rings (SSSR count). The second kappa shape index (κ2) is 5.16. The number of pyridine rings is 1. The van der Waals surface area contributed by atoms with E-state index in [2.05, 4.69) is 26.7 Å². The Morgan fingerprint density at radius 1 is 1.11 bits per heavy atom. The molecule has 94 valence electrons. The first-order chi connectivity index (χ1) is 9.26. The lowest BCUT2D eigenvalue weighted by Gasteiger charge is -1.94. The van der Waals surface area contributed by atoms with Crippen molar-refractivity contribution in [3.05, 3.63) is 34.2 Å². The van der Waals surface area contributed by atoms with Gasteiger partial charge in [-0.3, -0.25) is 0 Å². The van der Waals surface area contributed by atoms with Crippen LogP contribution in [0, 0.1) is 0 Å². The highest BCUT2D eigenvalue weighted by Crippen LogP contribution is 2.31. The Labute approximate surface area is 122 Å². The maximum Gasteiger partial charge on any atom is 0.209 e. The molecule has 3 aromatic heterocycles. The number of rotatable bonds is 3. The molecule has 0 bridgehead atoms. The Bertz CT molecular complexity index is 717. The fourth-order valence-electron chi connectivity index (χ4n) is 1.48. The van der Waals surface area contributed by atoms with Gasteiger partial charge in [-0.05, 0) is 18.9 Å². The zero-order valence-electron chi connectivity index (χ0n) is 9.58. The van der Waals surface area contributed by atoms with Crippen LogP contribution < -0.4 is 0 Å². The van der Waals surface area contributed by atoms with E-state index in [1.165, 1.54) is 11.3 Å². The van der Waals surface area contributed by atoms with Gasteiger partial charge in [0.25, 0.3) is 0 Å². The van der Waals surface area contributed by atoms with E-state index >= 15 is 0 Å². The number of thiazole rings is 2. The molecule has 0 aliphatic carbocycles. The first-order valence-corrected chi connectivity index (χ1v) is 7.40. The van der Waals surface area contributed by atoms with Crippen LogP contribution in [-0.2, 0) is 0 Å². The van der Waals surface area contributed by atoms with Gasteiger partial charge in [0.05, 0.1) is 0 Å². The van der Waals surface area contributed by atoms with Gasteiger partial charge in [0.1, 0.15) is 21.5 Å². The maximum atomic E-state index is 5.77.